The maximum atomic E-state index is 10.9. The molecule has 15 heavy (non-hydrogen) atoms. The van der Waals surface area contributed by atoms with Crippen LogP contribution in [0.4, 0.5) is 4.79 Å². The van der Waals surface area contributed by atoms with Gasteiger partial charge in [0.25, 0.3) is 0 Å². The molecular weight excluding hydrogens is 200 g/mol. The minimum absolute atomic E-state index is 0.260. The Labute approximate surface area is 89.0 Å². The lowest BCUT2D eigenvalue weighted by atomic mass is 10.2. The van der Waals surface area contributed by atoms with E-state index in [2.05, 4.69) is 9.47 Å². The third-order valence-corrected chi connectivity index (χ3v) is 1.56. The number of carbonyl (C=O) groups excluding carboxylic acids is 2. The summed E-state index contributed by atoms with van der Waals surface area (Å²) in [6.07, 6.45) is 2.03. The molecule has 0 saturated heterocycles. The first kappa shape index (κ1) is 13.5. The zero-order valence-electron chi connectivity index (χ0n) is 9.19. The number of ether oxygens (including phenoxy) is 3. The standard InChI is InChI=1S/C10H16O5/c1-4-8(6-7-9(11)13-3)15-10(12)14-5-2/h6-8H,4-5H2,1-3H3/b7-6+. The number of hydrogen-bond donors (Lipinski definition) is 0. The van der Waals surface area contributed by atoms with E-state index in [0.717, 1.165) is 0 Å². The summed E-state index contributed by atoms with van der Waals surface area (Å²) in [7, 11) is 1.28. The molecule has 0 aromatic carbocycles. The van der Waals surface area contributed by atoms with Gasteiger partial charge in [-0.05, 0) is 19.4 Å². The lowest BCUT2D eigenvalue weighted by Crippen LogP contribution is -2.16. The van der Waals surface area contributed by atoms with Crippen molar-refractivity contribution in [1.82, 2.24) is 0 Å². The van der Waals surface area contributed by atoms with Crippen molar-refractivity contribution < 1.29 is 23.8 Å². The van der Waals surface area contributed by atoms with E-state index in [-0.39, 0.29) is 6.61 Å². The minimum Gasteiger partial charge on any atom is -0.466 e. The van der Waals surface area contributed by atoms with Gasteiger partial charge in [0, 0.05) is 6.08 Å². The molecule has 0 aliphatic heterocycles. The van der Waals surface area contributed by atoms with E-state index in [1.54, 1.807) is 6.92 Å². The van der Waals surface area contributed by atoms with Crippen LogP contribution in [0.5, 0.6) is 0 Å². The maximum absolute atomic E-state index is 10.9. The molecule has 0 rings (SSSR count). The van der Waals surface area contributed by atoms with Crippen LogP contribution in [0.3, 0.4) is 0 Å². The Hall–Kier alpha value is -1.52. The van der Waals surface area contributed by atoms with E-state index in [4.69, 9.17) is 4.74 Å². The Morgan fingerprint density at radius 3 is 2.47 bits per heavy atom. The molecule has 0 aliphatic carbocycles. The van der Waals surface area contributed by atoms with Crippen LogP contribution in [-0.4, -0.2) is 31.9 Å². The molecule has 5 heteroatoms. The van der Waals surface area contributed by atoms with Crippen molar-refractivity contribution in [3.63, 3.8) is 0 Å². The second-order valence-corrected chi connectivity index (χ2v) is 2.63. The smallest absolute Gasteiger partial charge is 0.466 e. The number of carbonyl (C=O) groups is 2. The van der Waals surface area contributed by atoms with E-state index < -0.39 is 18.2 Å². The van der Waals surface area contributed by atoms with Gasteiger partial charge in [0.15, 0.2) is 0 Å². The highest BCUT2D eigenvalue weighted by atomic mass is 16.7. The fourth-order valence-electron chi connectivity index (χ4n) is 0.788. The normalized spacial score (nSPS) is 12.2. The van der Waals surface area contributed by atoms with Crippen LogP contribution in [0, 0.1) is 0 Å². The second-order valence-electron chi connectivity index (χ2n) is 2.63. The first-order chi connectivity index (χ1) is 7.13. The van der Waals surface area contributed by atoms with Gasteiger partial charge in [0.1, 0.15) is 6.10 Å². The fourth-order valence-corrected chi connectivity index (χ4v) is 0.788. The molecule has 0 saturated carbocycles. The summed E-state index contributed by atoms with van der Waals surface area (Å²) in [6, 6.07) is 0. The maximum Gasteiger partial charge on any atom is 0.508 e. The molecule has 0 aromatic heterocycles. The SMILES string of the molecule is CCOC(=O)OC(/C=C/C(=O)OC)CC. The highest BCUT2D eigenvalue weighted by Crippen LogP contribution is 2.02. The van der Waals surface area contributed by atoms with Crippen LogP contribution in [0.25, 0.3) is 0 Å². The molecule has 0 fully saturated rings. The Morgan fingerprint density at radius 1 is 1.33 bits per heavy atom. The van der Waals surface area contributed by atoms with E-state index in [9.17, 15) is 9.59 Å². The summed E-state index contributed by atoms with van der Waals surface area (Å²) in [4.78, 5) is 21.7. The average Bonchev–Trinajstić information content (AvgIpc) is 2.23. The summed E-state index contributed by atoms with van der Waals surface area (Å²) in [6.45, 7) is 3.77. The van der Waals surface area contributed by atoms with Crippen LogP contribution >= 0.6 is 0 Å². The molecule has 0 aliphatic rings. The molecule has 0 spiro atoms. The third-order valence-electron chi connectivity index (χ3n) is 1.56. The average molecular weight is 216 g/mol. The highest BCUT2D eigenvalue weighted by Gasteiger charge is 2.10. The molecule has 0 bridgehead atoms. The number of hydrogen-bond acceptors (Lipinski definition) is 5. The molecule has 0 radical (unpaired) electrons. The van der Waals surface area contributed by atoms with Gasteiger partial charge in [-0.1, -0.05) is 6.92 Å². The van der Waals surface area contributed by atoms with Gasteiger partial charge >= 0.3 is 12.1 Å². The Kier molecular flexibility index (Phi) is 7.05. The lowest BCUT2D eigenvalue weighted by molar-refractivity contribution is -0.134. The molecule has 0 N–H and O–H groups in total. The second kappa shape index (κ2) is 7.84. The van der Waals surface area contributed by atoms with Crippen molar-refractivity contribution in [3.8, 4) is 0 Å². The number of methoxy groups -OCH3 is 1. The summed E-state index contributed by atoms with van der Waals surface area (Å²) >= 11 is 0. The molecule has 5 nitrogen and oxygen atoms in total. The van der Waals surface area contributed by atoms with Gasteiger partial charge < -0.3 is 14.2 Å². The topological polar surface area (TPSA) is 61.8 Å². The first-order valence-electron chi connectivity index (χ1n) is 4.73. The lowest BCUT2D eigenvalue weighted by Gasteiger charge is -2.10. The van der Waals surface area contributed by atoms with Gasteiger partial charge in [-0.2, -0.15) is 0 Å². The number of rotatable bonds is 5. The Bertz CT molecular complexity index is 234. The molecule has 0 aromatic rings. The Balaban J connectivity index is 4.08. The monoisotopic (exact) mass is 216 g/mol. The van der Waals surface area contributed by atoms with Crippen LogP contribution in [0.15, 0.2) is 12.2 Å². The van der Waals surface area contributed by atoms with Crippen molar-refractivity contribution in [3.05, 3.63) is 12.2 Å². The van der Waals surface area contributed by atoms with Crippen molar-refractivity contribution in [2.45, 2.75) is 26.4 Å². The predicted molar refractivity (Wildman–Crippen MR) is 53.3 cm³/mol. The highest BCUT2D eigenvalue weighted by molar-refractivity contribution is 5.81. The molecule has 0 heterocycles. The number of esters is 1. The van der Waals surface area contributed by atoms with Crippen molar-refractivity contribution >= 4 is 12.1 Å². The van der Waals surface area contributed by atoms with Crippen LogP contribution in [0.2, 0.25) is 0 Å². The molecule has 0 amide bonds. The zero-order valence-corrected chi connectivity index (χ0v) is 9.19. The van der Waals surface area contributed by atoms with Gasteiger partial charge in [-0.15, -0.1) is 0 Å². The molecule has 1 atom stereocenters. The predicted octanol–water partition coefficient (Wildman–Crippen LogP) is 1.67. The molecular formula is C10H16O5. The summed E-state index contributed by atoms with van der Waals surface area (Å²) in [5.74, 6) is -0.485. The van der Waals surface area contributed by atoms with E-state index >= 15 is 0 Å². The molecule has 1 unspecified atom stereocenters. The van der Waals surface area contributed by atoms with Crippen molar-refractivity contribution in [1.29, 1.82) is 0 Å². The van der Waals surface area contributed by atoms with Crippen molar-refractivity contribution in [2.24, 2.45) is 0 Å². The fraction of sp³-hybridized carbons (Fsp3) is 0.600. The zero-order chi connectivity index (χ0) is 11.7. The van der Waals surface area contributed by atoms with Crippen LogP contribution in [-0.2, 0) is 19.0 Å². The Morgan fingerprint density at radius 2 is 2.00 bits per heavy atom. The van der Waals surface area contributed by atoms with Gasteiger partial charge in [0.05, 0.1) is 13.7 Å². The quantitative estimate of drug-likeness (QED) is 0.516. The van der Waals surface area contributed by atoms with Crippen LogP contribution < -0.4 is 0 Å². The van der Waals surface area contributed by atoms with Gasteiger partial charge in [-0.25, -0.2) is 9.59 Å². The first-order valence-corrected chi connectivity index (χ1v) is 4.73. The molecule has 86 valence electrons. The minimum atomic E-state index is -0.737. The van der Waals surface area contributed by atoms with Gasteiger partial charge in [0.2, 0.25) is 0 Å². The summed E-state index contributed by atoms with van der Waals surface area (Å²) in [5.41, 5.74) is 0. The summed E-state index contributed by atoms with van der Waals surface area (Å²) in [5, 5.41) is 0. The van der Waals surface area contributed by atoms with E-state index in [1.165, 1.54) is 19.3 Å². The van der Waals surface area contributed by atoms with E-state index in [1.807, 2.05) is 6.92 Å². The largest absolute Gasteiger partial charge is 0.508 e. The van der Waals surface area contributed by atoms with Crippen molar-refractivity contribution in [2.75, 3.05) is 13.7 Å². The van der Waals surface area contributed by atoms with Gasteiger partial charge in [-0.3, -0.25) is 0 Å². The summed E-state index contributed by atoms with van der Waals surface area (Å²) < 4.78 is 13.9. The van der Waals surface area contributed by atoms with E-state index in [0.29, 0.717) is 6.42 Å². The van der Waals surface area contributed by atoms with Crippen LogP contribution in [0.1, 0.15) is 20.3 Å². The third kappa shape index (κ3) is 6.54.